The van der Waals surface area contributed by atoms with Gasteiger partial charge >= 0.3 is 0 Å². The van der Waals surface area contributed by atoms with Crippen molar-refractivity contribution in [3.63, 3.8) is 0 Å². The number of ether oxygens (including phenoxy) is 1. The molecule has 2 aliphatic rings. The van der Waals surface area contributed by atoms with E-state index in [9.17, 15) is 4.79 Å². The summed E-state index contributed by atoms with van der Waals surface area (Å²) in [6.45, 7) is 2.79. The number of carbonyl (C=O) groups is 1. The van der Waals surface area contributed by atoms with E-state index in [0.717, 1.165) is 38.2 Å². The zero-order chi connectivity index (χ0) is 16.9. The fraction of sp³-hybridized carbons (Fsp3) is 0.550. The number of benzene rings is 1. The van der Waals surface area contributed by atoms with Crippen LogP contribution in [0, 0.1) is 5.92 Å². The average Bonchev–Trinajstić information content (AvgIpc) is 3.02. The monoisotopic (exact) mass is 328 g/mol. The van der Waals surface area contributed by atoms with Crippen molar-refractivity contribution in [3.8, 4) is 5.75 Å². The number of allylic oxidation sites excluding steroid dienone is 2. The van der Waals surface area contributed by atoms with Gasteiger partial charge in [-0.1, -0.05) is 24.3 Å². The first-order valence-electron chi connectivity index (χ1n) is 8.94. The first-order chi connectivity index (χ1) is 11.6. The topological polar surface area (TPSA) is 32.8 Å². The summed E-state index contributed by atoms with van der Waals surface area (Å²) in [6, 6.07) is 6.36. The highest BCUT2D eigenvalue weighted by atomic mass is 16.5. The van der Waals surface area contributed by atoms with E-state index in [2.05, 4.69) is 30.4 Å². The maximum atomic E-state index is 12.7. The number of rotatable bonds is 6. The highest BCUT2D eigenvalue weighted by Crippen LogP contribution is 2.27. The molecule has 0 saturated heterocycles. The average molecular weight is 328 g/mol. The molecule has 0 saturated carbocycles. The predicted octanol–water partition coefficient (Wildman–Crippen LogP) is 2.87. The molecule has 1 aromatic carbocycles. The van der Waals surface area contributed by atoms with E-state index in [-0.39, 0.29) is 5.91 Å². The van der Waals surface area contributed by atoms with Gasteiger partial charge in [0.25, 0.3) is 0 Å². The molecule has 1 aromatic rings. The Hall–Kier alpha value is -1.81. The van der Waals surface area contributed by atoms with E-state index in [4.69, 9.17) is 4.74 Å². The Bertz CT molecular complexity index is 610. The van der Waals surface area contributed by atoms with Gasteiger partial charge in [-0.3, -0.25) is 4.79 Å². The molecule has 130 valence electrons. The number of likely N-dealkylation sites (N-methyl/N-ethyl adjacent to an activating group) is 1. The lowest BCUT2D eigenvalue weighted by atomic mass is 9.93. The zero-order valence-electron chi connectivity index (χ0n) is 14.8. The van der Waals surface area contributed by atoms with Crippen molar-refractivity contribution in [1.29, 1.82) is 0 Å². The van der Waals surface area contributed by atoms with Crippen LogP contribution >= 0.6 is 0 Å². The second kappa shape index (κ2) is 7.84. The van der Waals surface area contributed by atoms with Gasteiger partial charge in [0, 0.05) is 19.5 Å². The lowest BCUT2D eigenvalue weighted by Gasteiger charge is -2.29. The van der Waals surface area contributed by atoms with Crippen molar-refractivity contribution < 1.29 is 9.53 Å². The summed E-state index contributed by atoms with van der Waals surface area (Å²) in [7, 11) is 3.90. The molecule has 1 heterocycles. The van der Waals surface area contributed by atoms with Crippen LogP contribution < -0.4 is 4.74 Å². The molecule has 24 heavy (non-hydrogen) atoms. The number of carbonyl (C=O) groups excluding carboxylic acids is 1. The second-order valence-corrected chi connectivity index (χ2v) is 7.20. The maximum Gasteiger partial charge on any atom is 0.237 e. The lowest BCUT2D eigenvalue weighted by Crippen LogP contribution is -2.40. The molecule has 1 aliphatic heterocycles. The van der Waals surface area contributed by atoms with Crippen molar-refractivity contribution in [1.82, 2.24) is 9.80 Å². The molecular weight excluding hydrogens is 300 g/mol. The SMILES string of the molecule is CN(C)CC(=O)N(Cc1ccc2c(c1)CCO2)C[C@@H]1CC=CCC1. The third kappa shape index (κ3) is 4.38. The Labute approximate surface area is 145 Å². The fourth-order valence-corrected chi connectivity index (χ4v) is 3.52. The molecule has 0 radical (unpaired) electrons. The van der Waals surface area contributed by atoms with Crippen molar-refractivity contribution in [3.05, 3.63) is 41.5 Å². The van der Waals surface area contributed by atoms with E-state index in [1.165, 1.54) is 17.5 Å². The van der Waals surface area contributed by atoms with Crippen LogP contribution in [0.3, 0.4) is 0 Å². The van der Waals surface area contributed by atoms with Crippen molar-refractivity contribution >= 4 is 5.91 Å². The summed E-state index contributed by atoms with van der Waals surface area (Å²) in [6.07, 6.45) is 8.89. The summed E-state index contributed by atoms with van der Waals surface area (Å²) in [4.78, 5) is 16.7. The zero-order valence-corrected chi connectivity index (χ0v) is 14.8. The van der Waals surface area contributed by atoms with Crippen LogP contribution in [0.4, 0.5) is 0 Å². The molecule has 1 amide bonds. The van der Waals surface area contributed by atoms with Crippen molar-refractivity contribution in [2.45, 2.75) is 32.2 Å². The Kier molecular flexibility index (Phi) is 5.56. The molecule has 0 bridgehead atoms. The van der Waals surface area contributed by atoms with Crippen LogP contribution in [0.2, 0.25) is 0 Å². The number of hydrogen-bond donors (Lipinski definition) is 0. The number of amides is 1. The van der Waals surface area contributed by atoms with E-state index in [1.807, 2.05) is 23.9 Å². The smallest absolute Gasteiger partial charge is 0.237 e. The third-order valence-electron chi connectivity index (χ3n) is 4.79. The first-order valence-corrected chi connectivity index (χ1v) is 8.94. The van der Waals surface area contributed by atoms with Crippen molar-refractivity contribution in [2.24, 2.45) is 5.92 Å². The highest BCUT2D eigenvalue weighted by molar-refractivity contribution is 5.78. The Morgan fingerprint density at radius 1 is 1.29 bits per heavy atom. The van der Waals surface area contributed by atoms with Crippen LogP contribution in [0.1, 0.15) is 30.4 Å². The Balaban J connectivity index is 1.70. The summed E-state index contributed by atoms with van der Waals surface area (Å²) >= 11 is 0. The predicted molar refractivity (Wildman–Crippen MR) is 96.1 cm³/mol. The maximum absolute atomic E-state index is 12.7. The molecule has 1 aliphatic carbocycles. The number of hydrogen-bond acceptors (Lipinski definition) is 3. The quantitative estimate of drug-likeness (QED) is 0.753. The summed E-state index contributed by atoms with van der Waals surface area (Å²) in [5, 5.41) is 0. The molecule has 0 spiro atoms. The summed E-state index contributed by atoms with van der Waals surface area (Å²) in [5.41, 5.74) is 2.48. The minimum absolute atomic E-state index is 0.214. The van der Waals surface area contributed by atoms with Gasteiger partial charge in [-0.25, -0.2) is 0 Å². The summed E-state index contributed by atoms with van der Waals surface area (Å²) < 4.78 is 5.59. The van der Waals surface area contributed by atoms with Gasteiger partial charge in [0.05, 0.1) is 13.2 Å². The van der Waals surface area contributed by atoms with Crippen LogP contribution in [-0.2, 0) is 17.8 Å². The molecule has 0 fully saturated rings. The van der Waals surface area contributed by atoms with Crippen LogP contribution in [0.5, 0.6) is 5.75 Å². The standard InChI is InChI=1S/C20H28N2O2/c1-21(2)15-20(23)22(13-16-6-4-3-5-7-16)14-17-8-9-19-18(12-17)10-11-24-19/h3-4,8-9,12,16H,5-7,10-11,13-15H2,1-2H3/t16-/m1/s1. The van der Waals surface area contributed by atoms with E-state index >= 15 is 0 Å². The molecule has 0 N–H and O–H groups in total. The van der Waals surface area contributed by atoms with E-state index in [0.29, 0.717) is 19.0 Å². The largest absolute Gasteiger partial charge is 0.493 e. The highest BCUT2D eigenvalue weighted by Gasteiger charge is 2.21. The van der Waals surface area contributed by atoms with Crippen molar-refractivity contribution in [2.75, 3.05) is 33.8 Å². The first kappa shape index (κ1) is 17.0. The van der Waals surface area contributed by atoms with E-state index in [1.54, 1.807) is 0 Å². The lowest BCUT2D eigenvalue weighted by molar-refractivity contribution is -0.133. The van der Waals surface area contributed by atoms with Gasteiger partial charge in [0.1, 0.15) is 5.75 Å². The van der Waals surface area contributed by atoms with Gasteiger partial charge < -0.3 is 14.5 Å². The van der Waals surface area contributed by atoms with Crippen LogP contribution in [0.15, 0.2) is 30.4 Å². The second-order valence-electron chi connectivity index (χ2n) is 7.20. The molecule has 0 unspecified atom stereocenters. The third-order valence-corrected chi connectivity index (χ3v) is 4.79. The fourth-order valence-electron chi connectivity index (χ4n) is 3.52. The Morgan fingerprint density at radius 3 is 2.92 bits per heavy atom. The molecule has 4 heteroatoms. The molecular formula is C20H28N2O2. The van der Waals surface area contributed by atoms with Gasteiger partial charge in [0.15, 0.2) is 0 Å². The number of fused-ring (bicyclic) bond motifs is 1. The van der Waals surface area contributed by atoms with Gasteiger partial charge in [-0.15, -0.1) is 0 Å². The van der Waals surface area contributed by atoms with E-state index < -0.39 is 0 Å². The molecule has 3 rings (SSSR count). The van der Waals surface area contributed by atoms with Gasteiger partial charge in [-0.2, -0.15) is 0 Å². The summed E-state index contributed by atoms with van der Waals surface area (Å²) in [5.74, 6) is 1.80. The molecule has 1 atom stereocenters. The van der Waals surface area contributed by atoms with Crippen LogP contribution in [-0.4, -0.2) is 49.5 Å². The minimum Gasteiger partial charge on any atom is -0.493 e. The normalized spacial score (nSPS) is 19.2. The van der Waals surface area contributed by atoms with Gasteiger partial charge in [-0.05, 0) is 56.5 Å². The number of nitrogens with zero attached hydrogens (tertiary/aromatic N) is 2. The van der Waals surface area contributed by atoms with Gasteiger partial charge in [0.2, 0.25) is 5.91 Å². The molecule has 0 aromatic heterocycles. The Morgan fingerprint density at radius 2 is 2.17 bits per heavy atom. The minimum atomic E-state index is 0.214. The van der Waals surface area contributed by atoms with Crippen LogP contribution in [0.25, 0.3) is 0 Å². The molecule has 4 nitrogen and oxygen atoms in total.